The van der Waals surface area contributed by atoms with Gasteiger partial charge in [-0.15, -0.1) is 0 Å². The Labute approximate surface area is 127 Å². The molecule has 0 spiro atoms. The van der Waals surface area contributed by atoms with Gasteiger partial charge in [-0.05, 0) is 24.6 Å². The Bertz CT molecular complexity index is 496. The molecule has 0 bridgehead atoms. The third kappa shape index (κ3) is 4.11. The Morgan fingerprint density at radius 3 is 2.90 bits per heavy atom. The van der Waals surface area contributed by atoms with Crippen molar-refractivity contribution in [3.63, 3.8) is 0 Å². The number of rotatable bonds is 5. The van der Waals surface area contributed by atoms with Crippen LogP contribution in [0.5, 0.6) is 11.5 Å². The lowest BCUT2D eigenvalue weighted by Crippen LogP contribution is -2.27. The lowest BCUT2D eigenvalue weighted by Gasteiger charge is -2.13. The van der Waals surface area contributed by atoms with E-state index in [1.165, 1.54) is 0 Å². The minimum Gasteiger partial charge on any atom is -0.489 e. The number of hydrogen-bond acceptors (Lipinski definition) is 4. The van der Waals surface area contributed by atoms with E-state index >= 15 is 0 Å². The summed E-state index contributed by atoms with van der Waals surface area (Å²) in [6.45, 7) is 4.60. The van der Waals surface area contributed by atoms with Gasteiger partial charge in [-0.3, -0.25) is 4.21 Å². The van der Waals surface area contributed by atoms with Crippen molar-refractivity contribution in [2.45, 2.75) is 25.1 Å². The summed E-state index contributed by atoms with van der Waals surface area (Å²) in [5.74, 6) is 1.34. The van der Waals surface area contributed by atoms with E-state index in [1.54, 1.807) is 6.26 Å². The van der Waals surface area contributed by atoms with Crippen LogP contribution < -0.4 is 14.8 Å². The van der Waals surface area contributed by atoms with Gasteiger partial charge in [-0.2, -0.15) is 0 Å². The molecule has 0 amide bonds. The van der Waals surface area contributed by atoms with Crippen LogP contribution >= 0.6 is 11.6 Å². The molecule has 1 aromatic carbocycles. The number of ether oxygens (including phenoxy) is 2. The molecule has 4 nitrogen and oxygen atoms in total. The monoisotopic (exact) mass is 317 g/mol. The predicted molar refractivity (Wildman–Crippen MR) is 82.3 cm³/mol. The second-order valence-electron chi connectivity index (χ2n) is 4.90. The Balaban J connectivity index is 2.01. The molecule has 0 aromatic heterocycles. The zero-order valence-corrected chi connectivity index (χ0v) is 13.4. The highest BCUT2D eigenvalue weighted by Gasteiger charge is 2.15. The molecule has 1 aliphatic rings. The Hall–Kier alpha value is -0.780. The maximum atomic E-state index is 11.3. The lowest BCUT2D eigenvalue weighted by molar-refractivity contribution is 0.297. The second-order valence-corrected chi connectivity index (χ2v) is 7.10. The van der Waals surface area contributed by atoms with Gasteiger partial charge in [0.1, 0.15) is 0 Å². The van der Waals surface area contributed by atoms with Gasteiger partial charge in [0.05, 0.1) is 18.2 Å². The molecule has 2 unspecified atom stereocenters. The fourth-order valence-corrected chi connectivity index (χ4v) is 2.56. The van der Waals surface area contributed by atoms with Crippen molar-refractivity contribution in [3.8, 4) is 11.5 Å². The van der Waals surface area contributed by atoms with E-state index in [4.69, 9.17) is 21.1 Å². The molecule has 6 heteroatoms. The minimum atomic E-state index is -0.810. The maximum Gasteiger partial charge on any atom is 0.179 e. The van der Waals surface area contributed by atoms with Gasteiger partial charge in [0, 0.05) is 41.8 Å². The van der Waals surface area contributed by atoms with E-state index in [0.717, 1.165) is 12.0 Å². The zero-order chi connectivity index (χ0) is 14.5. The topological polar surface area (TPSA) is 47.6 Å². The molecule has 1 N–H and O–H groups in total. The fourth-order valence-electron chi connectivity index (χ4n) is 1.92. The van der Waals surface area contributed by atoms with Crippen molar-refractivity contribution in [1.29, 1.82) is 0 Å². The normalized spacial score (nSPS) is 17.4. The summed E-state index contributed by atoms with van der Waals surface area (Å²) in [7, 11) is -0.810. The van der Waals surface area contributed by atoms with Gasteiger partial charge in [0.15, 0.2) is 11.5 Å². The van der Waals surface area contributed by atoms with Gasteiger partial charge in [-0.1, -0.05) is 11.6 Å². The summed E-state index contributed by atoms with van der Waals surface area (Å²) >= 11 is 6.23. The van der Waals surface area contributed by atoms with E-state index in [1.807, 2.05) is 19.1 Å². The molecule has 0 aliphatic carbocycles. The van der Waals surface area contributed by atoms with Crippen molar-refractivity contribution >= 4 is 22.4 Å². The van der Waals surface area contributed by atoms with E-state index in [-0.39, 0.29) is 5.25 Å². The summed E-state index contributed by atoms with van der Waals surface area (Å²) < 4.78 is 22.5. The maximum absolute atomic E-state index is 11.3. The molecule has 1 aliphatic heterocycles. The third-order valence-electron chi connectivity index (χ3n) is 3.19. The SMILES string of the molecule is CC(CNCc1cc(Cl)c2c(c1)OCCCO2)S(C)=O. The lowest BCUT2D eigenvalue weighted by atomic mass is 10.2. The van der Waals surface area contributed by atoms with Crippen LogP contribution in [0.1, 0.15) is 18.9 Å². The molecule has 0 saturated carbocycles. The number of hydrogen-bond donors (Lipinski definition) is 1. The third-order valence-corrected chi connectivity index (χ3v) is 4.77. The molecule has 0 fully saturated rings. The van der Waals surface area contributed by atoms with Crippen LogP contribution in [0.2, 0.25) is 5.02 Å². The van der Waals surface area contributed by atoms with Crippen LogP contribution in [-0.4, -0.2) is 35.5 Å². The first-order chi connectivity index (χ1) is 9.58. The van der Waals surface area contributed by atoms with Gasteiger partial charge in [0.25, 0.3) is 0 Å². The molecule has 0 saturated heterocycles. The molecule has 2 atom stereocenters. The van der Waals surface area contributed by atoms with Gasteiger partial charge >= 0.3 is 0 Å². The van der Waals surface area contributed by atoms with Crippen LogP contribution in [0, 0.1) is 0 Å². The first-order valence-electron chi connectivity index (χ1n) is 6.69. The molecular formula is C14H20ClNO3S. The summed E-state index contributed by atoms with van der Waals surface area (Å²) in [4.78, 5) is 0. The highest BCUT2D eigenvalue weighted by molar-refractivity contribution is 7.84. The fraction of sp³-hybridized carbons (Fsp3) is 0.571. The molecule has 0 radical (unpaired) electrons. The van der Waals surface area contributed by atoms with Crippen LogP contribution in [0.4, 0.5) is 0 Å². The van der Waals surface area contributed by atoms with Crippen molar-refractivity contribution in [1.82, 2.24) is 5.32 Å². The summed E-state index contributed by atoms with van der Waals surface area (Å²) in [6.07, 6.45) is 2.58. The van der Waals surface area contributed by atoms with Crippen LogP contribution in [0.15, 0.2) is 12.1 Å². The van der Waals surface area contributed by atoms with Gasteiger partial charge < -0.3 is 14.8 Å². The predicted octanol–water partition coefficient (Wildman–Crippen LogP) is 2.36. The Morgan fingerprint density at radius 1 is 1.40 bits per heavy atom. The Morgan fingerprint density at radius 2 is 2.15 bits per heavy atom. The number of halogens is 1. The van der Waals surface area contributed by atoms with E-state index in [2.05, 4.69) is 5.32 Å². The second kappa shape index (κ2) is 7.29. The molecule has 2 rings (SSSR count). The highest BCUT2D eigenvalue weighted by atomic mass is 35.5. The summed E-state index contributed by atoms with van der Waals surface area (Å²) in [6, 6.07) is 3.84. The van der Waals surface area contributed by atoms with Crippen LogP contribution in [0.3, 0.4) is 0 Å². The van der Waals surface area contributed by atoms with Crippen molar-refractivity contribution in [3.05, 3.63) is 22.7 Å². The molecule has 1 aromatic rings. The average Bonchev–Trinajstić information content (AvgIpc) is 2.64. The average molecular weight is 318 g/mol. The first-order valence-corrected chi connectivity index (χ1v) is 8.69. The molecular weight excluding hydrogens is 298 g/mol. The smallest absolute Gasteiger partial charge is 0.179 e. The number of nitrogens with one attached hydrogen (secondary N) is 1. The van der Waals surface area contributed by atoms with Crippen LogP contribution in [-0.2, 0) is 17.3 Å². The zero-order valence-electron chi connectivity index (χ0n) is 11.8. The molecule has 20 heavy (non-hydrogen) atoms. The summed E-state index contributed by atoms with van der Waals surface area (Å²) in [5, 5.41) is 3.99. The van der Waals surface area contributed by atoms with E-state index in [0.29, 0.717) is 42.8 Å². The Kier molecular flexibility index (Phi) is 5.69. The van der Waals surface area contributed by atoms with Crippen molar-refractivity contribution in [2.75, 3.05) is 26.0 Å². The first kappa shape index (κ1) is 15.6. The highest BCUT2D eigenvalue weighted by Crippen LogP contribution is 2.37. The van der Waals surface area contributed by atoms with Gasteiger partial charge in [-0.25, -0.2) is 0 Å². The van der Waals surface area contributed by atoms with E-state index < -0.39 is 10.8 Å². The number of benzene rings is 1. The minimum absolute atomic E-state index is 0.130. The molecule has 1 heterocycles. The van der Waals surface area contributed by atoms with Crippen molar-refractivity contribution < 1.29 is 13.7 Å². The van der Waals surface area contributed by atoms with Gasteiger partial charge in [0.2, 0.25) is 0 Å². The standard InChI is InChI=1S/C14H20ClNO3S/c1-10(20(2)17)8-16-9-11-6-12(15)14-13(7-11)18-4-3-5-19-14/h6-7,10,16H,3-5,8-9H2,1-2H3. The largest absolute Gasteiger partial charge is 0.489 e. The molecule has 112 valence electrons. The summed E-state index contributed by atoms with van der Waals surface area (Å²) in [5.41, 5.74) is 1.04. The number of fused-ring (bicyclic) bond motifs is 1. The quantitative estimate of drug-likeness (QED) is 0.905. The van der Waals surface area contributed by atoms with Crippen LogP contribution in [0.25, 0.3) is 0 Å². The van der Waals surface area contributed by atoms with Crippen molar-refractivity contribution in [2.24, 2.45) is 0 Å². The van der Waals surface area contributed by atoms with E-state index in [9.17, 15) is 4.21 Å².